The predicted molar refractivity (Wildman–Crippen MR) is 83.7 cm³/mol. The summed E-state index contributed by atoms with van der Waals surface area (Å²) in [5, 5.41) is 11.9. The fraction of sp³-hybridized carbons (Fsp3) is 0.400. The fourth-order valence-electron chi connectivity index (χ4n) is 1.72. The Kier molecular flexibility index (Phi) is 5.43. The standard InChI is InChI=1S/C15H18FN3O2S/c1-4-11(21-12-8-6-5-7-10(12)16)13(20)17-15-19-18-14(22-15)9(2)3/h5-9,11H,4H2,1-3H3,(H,17,19,20)/t11-/m1/s1. The van der Waals surface area contributed by atoms with E-state index in [9.17, 15) is 9.18 Å². The number of carbonyl (C=O) groups is 1. The van der Waals surface area contributed by atoms with Gasteiger partial charge in [-0.3, -0.25) is 10.1 Å². The minimum Gasteiger partial charge on any atom is -0.478 e. The molecule has 5 nitrogen and oxygen atoms in total. The van der Waals surface area contributed by atoms with Crippen molar-refractivity contribution in [3.63, 3.8) is 0 Å². The molecule has 1 aromatic carbocycles. The molecule has 1 N–H and O–H groups in total. The molecule has 1 atom stereocenters. The first kappa shape index (κ1) is 16.4. The zero-order valence-corrected chi connectivity index (χ0v) is 13.5. The highest BCUT2D eigenvalue weighted by Crippen LogP contribution is 2.23. The Labute approximate surface area is 132 Å². The Morgan fingerprint density at radius 2 is 2.09 bits per heavy atom. The van der Waals surface area contributed by atoms with E-state index in [0.29, 0.717) is 11.6 Å². The maximum Gasteiger partial charge on any atom is 0.267 e. The average molecular weight is 323 g/mol. The molecule has 2 rings (SSSR count). The first-order valence-corrected chi connectivity index (χ1v) is 7.88. The summed E-state index contributed by atoms with van der Waals surface area (Å²) >= 11 is 1.32. The van der Waals surface area contributed by atoms with Crippen molar-refractivity contribution < 1.29 is 13.9 Å². The van der Waals surface area contributed by atoms with Crippen LogP contribution in [0.15, 0.2) is 24.3 Å². The molecular formula is C15H18FN3O2S. The van der Waals surface area contributed by atoms with Crippen molar-refractivity contribution in [1.29, 1.82) is 0 Å². The minimum atomic E-state index is -0.789. The van der Waals surface area contributed by atoms with Crippen LogP contribution in [0.1, 0.15) is 38.1 Å². The summed E-state index contributed by atoms with van der Waals surface area (Å²) in [6.45, 7) is 5.80. The normalized spacial score (nSPS) is 12.2. The highest BCUT2D eigenvalue weighted by atomic mass is 32.1. The maximum absolute atomic E-state index is 13.6. The van der Waals surface area contributed by atoms with Crippen LogP contribution in [0.5, 0.6) is 5.75 Å². The van der Waals surface area contributed by atoms with Gasteiger partial charge in [0.15, 0.2) is 17.7 Å². The third-order valence-electron chi connectivity index (χ3n) is 2.93. The zero-order valence-electron chi connectivity index (χ0n) is 12.7. The van der Waals surface area contributed by atoms with Gasteiger partial charge in [0.2, 0.25) is 5.13 Å². The second-order valence-electron chi connectivity index (χ2n) is 5.03. The van der Waals surface area contributed by atoms with Gasteiger partial charge in [-0.25, -0.2) is 4.39 Å². The molecule has 0 aliphatic rings. The largest absolute Gasteiger partial charge is 0.478 e. The first-order valence-electron chi connectivity index (χ1n) is 7.06. The molecule has 0 unspecified atom stereocenters. The summed E-state index contributed by atoms with van der Waals surface area (Å²) in [5.74, 6) is -0.548. The van der Waals surface area contributed by atoms with Crippen molar-refractivity contribution in [2.24, 2.45) is 0 Å². The van der Waals surface area contributed by atoms with E-state index in [0.717, 1.165) is 5.01 Å². The molecule has 0 bridgehead atoms. The Morgan fingerprint density at radius 3 is 2.68 bits per heavy atom. The molecule has 22 heavy (non-hydrogen) atoms. The van der Waals surface area contributed by atoms with Crippen molar-refractivity contribution in [2.75, 3.05) is 5.32 Å². The Morgan fingerprint density at radius 1 is 1.36 bits per heavy atom. The number of rotatable bonds is 6. The van der Waals surface area contributed by atoms with Crippen LogP contribution in [-0.4, -0.2) is 22.2 Å². The molecule has 0 aliphatic heterocycles. The van der Waals surface area contributed by atoms with Crippen molar-refractivity contribution in [1.82, 2.24) is 10.2 Å². The van der Waals surface area contributed by atoms with Crippen LogP contribution in [0.4, 0.5) is 9.52 Å². The lowest BCUT2D eigenvalue weighted by molar-refractivity contribution is -0.122. The van der Waals surface area contributed by atoms with Gasteiger partial charge >= 0.3 is 0 Å². The number of benzene rings is 1. The number of anilines is 1. The number of para-hydroxylation sites is 1. The zero-order chi connectivity index (χ0) is 16.1. The molecule has 0 saturated carbocycles. The van der Waals surface area contributed by atoms with Gasteiger partial charge in [0.25, 0.3) is 5.91 Å². The van der Waals surface area contributed by atoms with Crippen LogP contribution in [0.25, 0.3) is 0 Å². The van der Waals surface area contributed by atoms with E-state index in [-0.39, 0.29) is 17.6 Å². The van der Waals surface area contributed by atoms with Gasteiger partial charge in [-0.15, -0.1) is 10.2 Å². The van der Waals surface area contributed by atoms with E-state index in [1.165, 1.54) is 23.5 Å². The third-order valence-corrected chi connectivity index (χ3v) is 4.07. The molecule has 0 aliphatic carbocycles. The van der Waals surface area contributed by atoms with Crippen molar-refractivity contribution in [2.45, 2.75) is 39.2 Å². The van der Waals surface area contributed by atoms with Crippen molar-refractivity contribution in [3.8, 4) is 5.75 Å². The molecule has 0 spiro atoms. The van der Waals surface area contributed by atoms with Gasteiger partial charge in [-0.05, 0) is 18.6 Å². The van der Waals surface area contributed by atoms with Crippen LogP contribution in [0.3, 0.4) is 0 Å². The molecule has 1 amide bonds. The second kappa shape index (κ2) is 7.31. The van der Waals surface area contributed by atoms with Crippen molar-refractivity contribution in [3.05, 3.63) is 35.1 Å². The molecule has 1 aromatic heterocycles. The van der Waals surface area contributed by atoms with Gasteiger partial charge in [0.1, 0.15) is 5.01 Å². The molecular weight excluding hydrogens is 305 g/mol. The van der Waals surface area contributed by atoms with Crippen LogP contribution in [0, 0.1) is 5.82 Å². The number of ether oxygens (including phenoxy) is 1. The minimum absolute atomic E-state index is 0.0598. The molecule has 0 radical (unpaired) electrons. The van der Waals surface area contributed by atoms with Crippen LogP contribution >= 0.6 is 11.3 Å². The summed E-state index contributed by atoms with van der Waals surface area (Å²) in [7, 11) is 0. The number of carbonyl (C=O) groups excluding carboxylic acids is 1. The lowest BCUT2D eigenvalue weighted by atomic mass is 10.2. The first-order chi connectivity index (χ1) is 10.5. The maximum atomic E-state index is 13.6. The van der Waals surface area contributed by atoms with E-state index in [4.69, 9.17) is 4.74 Å². The number of hydrogen-bond donors (Lipinski definition) is 1. The number of amides is 1. The van der Waals surface area contributed by atoms with Gasteiger partial charge in [-0.2, -0.15) is 0 Å². The summed E-state index contributed by atoms with van der Waals surface area (Å²) in [5.41, 5.74) is 0. The average Bonchev–Trinajstić information content (AvgIpc) is 2.95. The highest BCUT2D eigenvalue weighted by Gasteiger charge is 2.21. The summed E-state index contributed by atoms with van der Waals surface area (Å²) < 4.78 is 19.0. The number of halogens is 1. The predicted octanol–water partition coefficient (Wildman–Crippen LogP) is 3.60. The van der Waals surface area contributed by atoms with Crippen LogP contribution in [0.2, 0.25) is 0 Å². The lowest BCUT2D eigenvalue weighted by Crippen LogP contribution is -2.32. The topological polar surface area (TPSA) is 64.1 Å². The summed E-state index contributed by atoms with van der Waals surface area (Å²) in [6.07, 6.45) is -0.376. The van der Waals surface area contributed by atoms with Crippen molar-refractivity contribution >= 4 is 22.4 Å². The number of nitrogens with one attached hydrogen (secondary N) is 1. The van der Waals surface area contributed by atoms with Gasteiger partial charge in [0.05, 0.1) is 0 Å². The molecule has 1 heterocycles. The Bertz CT molecular complexity index is 645. The third kappa shape index (κ3) is 4.00. The molecule has 7 heteroatoms. The summed E-state index contributed by atoms with van der Waals surface area (Å²) in [6, 6.07) is 6.01. The Hall–Kier alpha value is -2.02. The quantitative estimate of drug-likeness (QED) is 0.882. The molecule has 0 saturated heterocycles. The molecule has 2 aromatic rings. The van der Waals surface area contributed by atoms with Crippen LogP contribution < -0.4 is 10.1 Å². The van der Waals surface area contributed by atoms with E-state index >= 15 is 0 Å². The van der Waals surface area contributed by atoms with E-state index in [1.807, 2.05) is 13.8 Å². The van der Waals surface area contributed by atoms with E-state index in [2.05, 4.69) is 15.5 Å². The second-order valence-corrected chi connectivity index (χ2v) is 6.04. The molecule has 118 valence electrons. The molecule has 0 fully saturated rings. The lowest BCUT2D eigenvalue weighted by Gasteiger charge is -2.16. The van der Waals surface area contributed by atoms with Gasteiger partial charge in [0, 0.05) is 5.92 Å². The Balaban J connectivity index is 2.04. The monoisotopic (exact) mass is 323 g/mol. The van der Waals surface area contributed by atoms with Gasteiger partial charge < -0.3 is 4.74 Å². The fourth-order valence-corrected chi connectivity index (χ4v) is 2.47. The smallest absolute Gasteiger partial charge is 0.267 e. The van der Waals surface area contributed by atoms with Crippen LogP contribution in [-0.2, 0) is 4.79 Å². The van der Waals surface area contributed by atoms with E-state index in [1.54, 1.807) is 19.1 Å². The SMILES string of the molecule is CC[C@@H](Oc1ccccc1F)C(=O)Nc1nnc(C(C)C)s1. The number of nitrogens with zero attached hydrogens (tertiary/aromatic N) is 2. The number of hydrogen-bond acceptors (Lipinski definition) is 5. The van der Waals surface area contributed by atoms with E-state index < -0.39 is 11.9 Å². The number of aromatic nitrogens is 2. The van der Waals surface area contributed by atoms with Gasteiger partial charge in [-0.1, -0.05) is 44.2 Å². The highest BCUT2D eigenvalue weighted by molar-refractivity contribution is 7.15. The summed E-state index contributed by atoms with van der Waals surface area (Å²) in [4.78, 5) is 12.2.